The number of nitrogen functional groups attached to an aromatic ring is 1. The Morgan fingerprint density at radius 1 is 1.24 bits per heavy atom. The number of hydrogen-bond donors (Lipinski definition) is 2. The second kappa shape index (κ2) is 8.51. The molecule has 7 heteroatoms. The molecule has 4 nitrogen and oxygen atoms in total. The number of nitrogens with one attached hydrogen (secondary N) is 1. The summed E-state index contributed by atoms with van der Waals surface area (Å²) in [4.78, 5) is 11.6. The molecule has 1 aromatic carbocycles. The lowest BCUT2D eigenvalue weighted by molar-refractivity contribution is -0.137. The zero-order valence-corrected chi connectivity index (χ0v) is 11.6. The van der Waals surface area contributed by atoms with Gasteiger partial charge >= 0.3 is 6.18 Å². The van der Waals surface area contributed by atoms with Gasteiger partial charge in [0.15, 0.2) is 0 Å². The normalized spacial score (nSPS) is 11.4. The molecule has 0 unspecified atom stereocenters. The Balaban J connectivity index is 2.06. The lowest BCUT2D eigenvalue weighted by Crippen LogP contribution is -2.13. The number of rotatable bonds is 8. The highest BCUT2D eigenvalue weighted by Gasteiger charge is 2.25. The van der Waals surface area contributed by atoms with Crippen LogP contribution in [0, 0.1) is 0 Å². The molecular formula is C14H19F3N2O2. The van der Waals surface area contributed by atoms with Crippen LogP contribution in [-0.2, 0) is 9.53 Å². The number of anilines is 2. The van der Waals surface area contributed by atoms with E-state index in [1.54, 1.807) is 24.3 Å². The van der Waals surface area contributed by atoms with Gasteiger partial charge in [-0.05, 0) is 31.0 Å². The monoisotopic (exact) mass is 304 g/mol. The van der Waals surface area contributed by atoms with Crippen molar-refractivity contribution in [3.63, 3.8) is 0 Å². The first-order valence-electron chi connectivity index (χ1n) is 6.67. The molecule has 118 valence electrons. The Morgan fingerprint density at radius 2 is 1.95 bits per heavy atom. The SMILES string of the molecule is Nc1cccc(NC(=O)CCCOCCCC(F)(F)F)c1. The van der Waals surface area contributed by atoms with E-state index in [2.05, 4.69) is 5.32 Å². The quantitative estimate of drug-likeness (QED) is 0.572. The third-order valence-corrected chi connectivity index (χ3v) is 2.61. The minimum atomic E-state index is -4.14. The molecule has 0 heterocycles. The van der Waals surface area contributed by atoms with Crippen LogP contribution in [0.4, 0.5) is 24.5 Å². The number of halogens is 3. The van der Waals surface area contributed by atoms with Crippen molar-refractivity contribution in [3.05, 3.63) is 24.3 Å². The standard InChI is InChI=1S/C14H19F3N2O2/c15-14(16,17)7-3-9-21-8-2-6-13(20)19-12-5-1-4-11(18)10-12/h1,4-5,10H,2-3,6-9,18H2,(H,19,20). The van der Waals surface area contributed by atoms with Crippen molar-refractivity contribution in [1.29, 1.82) is 0 Å². The van der Waals surface area contributed by atoms with Crippen LogP contribution in [0.25, 0.3) is 0 Å². The van der Waals surface area contributed by atoms with E-state index in [4.69, 9.17) is 10.5 Å². The van der Waals surface area contributed by atoms with Crippen LogP contribution < -0.4 is 11.1 Å². The summed E-state index contributed by atoms with van der Waals surface area (Å²) in [5.41, 5.74) is 6.75. The predicted molar refractivity (Wildman–Crippen MR) is 74.8 cm³/mol. The average Bonchev–Trinajstić information content (AvgIpc) is 2.36. The minimum Gasteiger partial charge on any atom is -0.399 e. The summed E-state index contributed by atoms with van der Waals surface area (Å²) in [5.74, 6) is -0.181. The Kier molecular flexibility index (Phi) is 7.01. The fraction of sp³-hybridized carbons (Fsp3) is 0.500. The molecule has 0 aliphatic carbocycles. The van der Waals surface area contributed by atoms with Crippen LogP contribution in [0.15, 0.2) is 24.3 Å². The van der Waals surface area contributed by atoms with E-state index in [0.29, 0.717) is 17.8 Å². The van der Waals surface area contributed by atoms with Gasteiger partial charge in [0.05, 0.1) is 0 Å². The van der Waals surface area contributed by atoms with Gasteiger partial charge in [-0.15, -0.1) is 0 Å². The number of carbonyl (C=O) groups excluding carboxylic acids is 1. The summed E-state index contributed by atoms with van der Waals surface area (Å²) in [6, 6.07) is 6.81. The molecular weight excluding hydrogens is 285 g/mol. The fourth-order valence-electron chi connectivity index (χ4n) is 1.65. The first kappa shape index (κ1) is 17.3. The molecule has 3 N–H and O–H groups in total. The maximum atomic E-state index is 11.9. The van der Waals surface area contributed by atoms with Crippen molar-refractivity contribution in [3.8, 4) is 0 Å². The van der Waals surface area contributed by atoms with Crippen LogP contribution >= 0.6 is 0 Å². The van der Waals surface area contributed by atoms with Gasteiger partial charge < -0.3 is 15.8 Å². The number of ether oxygens (including phenoxy) is 1. The molecule has 0 saturated heterocycles. The van der Waals surface area contributed by atoms with Crippen molar-refractivity contribution in [1.82, 2.24) is 0 Å². The van der Waals surface area contributed by atoms with E-state index >= 15 is 0 Å². The number of amides is 1. The summed E-state index contributed by atoms with van der Waals surface area (Å²) in [5, 5.41) is 2.68. The Labute approximate surface area is 121 Å². The van der Waals surface area contributed by atoms with Gasteiger partial charge in [-0.25, -0.2) is 0 Å². The van der Waals surface area contributed by atoms with Crippen LogP contribution in [0.1, 0.15) is 25.7 Å². The van der Waals surface area contributed by atoms with Gasteiger partial charge in [-0.2, -0.15) is 13.2 Å². The zero-order chi connectivity index (χ0) is 15.7. The van der Waals surface area contributed by atoms with Crippen LogP contribution in [0.2, 0.25) is 0 Å². The molecule has 1 amide bonds. The van der Waals surface area contributed by atoms with Gasteiger partial charge in [0.1, 0.15) is 0 Å². The minimum absolute atomic E-state index is 0.0519. The van der Waals surface area contributed by atoms with Gasteiger partial charge in [0.25, 0.3) is 0 Å². The van der Waals surface area contributed by atoms with Crippen molar-refractivity contribution in [2.24, 2.45) is 0 Å². The number of alkyl halides is 3. The number of carbonyl (C=O) groups is 1. The number of nitrogens with two attached hydrogens (primary N) is 1. The van der Waals surface area contributed by atoms with E-state index < -0.39 is 12.6 Å². The topological polar surface area (TPSA) is 64.3 Å². The highest BCUT2D eigenvalue weighted by Crippen LogP contribution is 2.21. The highest BCUT2D eigenvalue weighted by atomic mass is 19.4. The van der Waals surface area contributed by atoms with Crippen molar-refractivity contribution in [2.75, 3.05) is 24.3 Å². The second-order valence-electron chi connectivity index (χ2n) is 4.61. The second-order valence-corrected chi connectivity index (χ2v) is 4.61. The largest absolute Gasteiger partial charge is 0.399 e. The van der Waals surface area contributed by atoms with E-state index in [9.17, 15) is 18.0 Å². The molecule has 0 aliphatic rings. The van der Waals surface area contributed by atoms with Crippen LogP contribution in [-0.4, -0.2) is 25.3 Å². The summed E-state index contributed by atoms with van der Waals surface area (Å²) < 4.78 is 40.6. The molecule has 0 aliphatic heterocycles. The van der Waals surface area contributed by atoms with Crippen LogP contribution in [0.3, 0.4) is 0 Å². The molecule has 0 saturated carbocycles. The zero-order valence-electron chi connectivity index (χ0n) is 11.6. The maximum absolute atomic E-state index is 11.9. The van der Waals surface area contributed by atoms with Gasteiger partial charge in [-0.1, -0.05) is 6.07 Å². The molecule has 0 spiro atoms. The lowest BCUT2D eigenvalue weighted by atomic mass is 10.2. The first-order chi connectivity index (χ1) is 9.87. The third kappa shape index (κ3) is 8.91. The smallest absolute Gasteiger partial charge is 0.389 e. The summed E-state index contributed by atoms with van der Waals surface area (Å²) in [7, 11) is 0. The van der Waals surface area contributed by atoms with Crippen LogP contribution in [0.5, 0.6) is 0 Å². The lowest BCUT2D eigenvalue weighted by Gasteiger charge is -2.07. The summed E-state index contributed by atoms with van der Waals surface area (Å²) in [6.45, 7) is 0.318. The van der Waals surface area contributed by atoms with Gasteiger partial charge in [-0.3, -0.25) is 4.79 Å². The van der Waals surface area contributed by atoms with E-state index in [1.165, 1.54) is 0 Å². The molecule has 0 fully saturated rings. The third-order valence-electron chi connectivity index (χ3n) is 2.61. The molecule has 0 aromatic heterocycles. The van der Waals surface area contributed by atoms with Crippen molar-refractivity contribution < 1.29 is 22.7 Å². The molecule has 1 aromatic rings. The molecule has 1 rings (SSSR count). The number of benzene rings is 1. The molecule has 0 radical (unpaired) electrons. The molecule has 0 bridgehead atoms. The average molecular weight is 304 g/mol. The van der Waals surface area contributed by atoms with Gasteiger partial charge in [0.2, 0.25) is 5.91 Å². The molecule has 21 heavy (non-hydrogen) atoms. The summed E-state index contributed by atoms with van der Waals surface area (Å²) >= 11 is 0. The molecule has 0 atom stereocenters. The Morgan fingerprint density at radius 3 is 2.62 bits per heavy atom. The van der Waals surface area contributed by atoms with Crippen molar-refractivity contribution >= 4 is 17.3 Å². The van der Waals surface area contributed by atoms with E-state index in [-0.39, 0.29) is 32.0 Å². The Hall–Kier alpha value is -1.76. The van der Waals surface area contributed by atoms with E-state index in [1.807, 2.05) is 0 Å². The van der Waals surface area contributed by atoms with Crippen molar-refractivity contribution in [2.45, 2.75) is 31.9 Å². The Bertz CT molecular complexity index is 450. The predicted octanol–water partition coefficient (Wildman–Crippen LogP) is 3.35. The highest BCUT2D eigenvalue weighted by molar-refractivity contribution is 5.91. The maximum Gasteiger partial charge on any atom is 0.389 e. The van der Waals surface area contributed by atoms with E-state index in [0.717, 1.165) is 0 Å². The number of hydrogen-bond acceptors (Lipinski definition) is 3. The first-order valence-corrected chi connectivity index (χ1v) is 6.67. The fourth-order valence-corrected chi connectivity index (χ4v) is 1.65. The van der Waals surface area contributed by atoms with Gasteiger partial charge in [0, 0.05) is 37.4 Å². The summed E-state index contributed by atoms with van der Waals surface area (Å²) in [6.07, 6.45) is -4.34.